The van der Waals surface area contributed by atoms with Crippen LogP contribution in [0.4, 0.5) is 0 Å². The Hall–Kier alpha value is -2.63. The highest BCUT2D eigenvalue weighted by atomic mass is 16.2. The fourth-order valence-electron chi connectivity index (χ4n) is 2.87. The van der Waals surface area contributed by atoms with Gasteiger partial charge in [0.15, 0.2) is 5.69 Å². The number of primary amides is 1. The van der Waals surface area contributed by atoms with Crippen molar-refractivity contribution in [2.24, 2.45) is 5.73 Å². The van der Waals surface area contributed by atoms with Gasteiger partial charge in [0.05, 0.1) is 5.69 Å². The molecule has 0 bridgehead atoms. The normalized spacial score (nSPS) is 12.4. The first-order chi connectivity index (χ1) is 10.6. The first-order valence-corrected chi connectivity index (χ1v) is 7.41. The summed E-state index contributed by atoms with van der Waals surface area (Å²) < 4.78 is 0. The molecular formula is C16H18N4O2. The molecule has 0 spiro atoms. The monoisotopic (exact) mass is 298 g/mol. The van der Waals surface area contributed by atoms with E-state index in [9.17, 15) is 9.59 Å². The van der Waals surface area contributed by atoms with E-state index in [1.807, 2.05) is 31.2 Å². The van der Waals surface area contributed by atoms with Crippen LogP contribution in [0.25, 0.3) is 11.3 Å². The Labute approximate surface area is 128 Å². The second kappa shape index (κ2) is 5.63. The van der Waals surface area contributed by atoms with Crippen molar-refractivity contribution in [2.75, 3.05) is 5.43 Å². The van der Waals surface area contributed by atoms with Gasteiger partial charge in [-0.3, -0.25) is 9.59 Å². The zero-order chi connectivity index (χ0) is 15.7. The van der Waals surface area contributed by atoms with Gasteiger partial charge < -0.3 is 5.73 Å². The molecule has 2 aromatic rings. The van der Waals surface area contributed by atoms with Gasteiger partial charge in [0.25, 0.3) is 5.91 Å². The Bertz CT molecular complexity index is 749. The summed E-state index contributed by atoms with van der Waals surface area (Å²) in [4.78, 5) is 25.0. The fraction of sp³-hybridized carbons (Fsp3) is 0.312. The molecule has 0 atom stereocenters. The summed E-state index contributed by atoms with van der Waals surface area (Å²) >= 11 is 0. The van der Waals surface area contributed by atoms with Crippen LogP contribution >= 0.6 is 0 Å². The van der Waals surface area contributed by atoms with E-state index in [-0.39, 0.29) is 11.6 Å². The topological polar surface area (TPSA) is 90.0 Å². The number of nitrogens with zero attached hydrogens (tertiary/aromatic N) is 2. The van der Waals surface area contributed by atoms with Crippen molar-refractivity contribution in [3.8, 4) is 11.3 Å². The molecule has 1 aromatic carbocycles. The molecule has 0 saturated heterocycles. The highest BCUT2D eigenvalue weighted by Crippen LogP contribution is 2.34. The fourth-order valence-corrected chi connectivity index (χ4v) is 2.87. The number of carbonyl (C=O) groups excluding carboxylic acids is 2. The number of fused-ring (bicyclic) bond motifs is 3. The Morgan fingerprint density at radius 2 is 2.09 bits per heavy atom. The molecule has 1 aliphatic rings. The predicted molar refractivity (Wildman–Crippen MR) is 82.9 cm³/mol. The summed E-state index contributed by atoms with van der Waals surface area (Å²) in [5, 5.41) is 4.22. The second-order valence-corrected chi connectivity index (χ2v) is 5.39. The van der Waals surface area contributed by atoms with Gasteiger partial charge in [0, 0.05) is 17.5 Å². The van der Waals surface area contributed by atoms with Crippen LogP contribution < -0.4 is 11.2 Å². The average Bonchev–Trinajstić information content (AvgIpc) is 2.87. The molecule has 3 rings (SSSR count). The van der Waals surface area contributed by atoms with E-state index in [1.165, 1.54) is 10.4 Å². The molecule has 1 aliphatic carbocycles. The molecule has 0 unspecified atom stereocenters. The molecule has 6 nitrogen and oxygen atoms in total. The van der Waals surface area contributed by atoms with E-state index in [0.717, 1.165) is 29.7 Å². The number of hydrogen-bond donors (Lipinski definition) is 2. The predicted octanol–water partition coefficient (Wildman–Crippen LogP) is 1.62. The van der Waals surface area contributed by atoms with E-state index in [2.05, 4.69) is 10.5 Å². The molecule has 0 fully saturated rings. The van der Waals surface area contributed by atoms with Gasteiger partial charge in [0.1, 0.15) is 0 Å². The van der Waals surface area contributed by atoms with Gasteiger partial charge in [-0.15, -0.1) is 5.10 Å². The van der Waals surface area contributed by atoms with Crippen molar-refractivity contribution in [1.29, 1.82) is 0 Å². The minimum Gasteiger partial charge on any atom is -0.364 e. The average molecular weight is 298 g/mol. The summed E-state index contributed by atoms with van der Waals surface area (Å²) in [5.74, 6) is -0.703. The summed E-state index contributed by atoms with van der Waals surface area (Å²) in [6, 6.07) is 7.94. The number of benzene rings is 1. The quantitative estimate of drug-likeness (QED) is 0.898. The summed E-state index contributed by atoms with van der Waals surface area (Å²) in [6.45, 7) is 1.93. The SMILES string of the molecule is CCCC(=O)Nn1nc(C(N)=O)c2c1-c1ccccc1CC2. The first-order valence-electron chi connectivity index (χ1n) is 7.41. The third kappa shape index (κ3) is 2.36. The molecule has 0 aliphatic heterocycles. The number of nitrogens with two attached hydrogens (primary N) is 1. The van der Waals surface area contributed by atoms with Gasteiger partial charge in [-0.25, -0.2) is 5.43 Å². The third-order valence-corrected chi connectivity index (χ3v) is 3.84. The smallest absolute Gasteiger partial charge is 0.269 e. The number of aryl methyl sites for hydroxylation is 1. The van der Waals surface area contributed by atoms with Crippen LogP contribution in [-0.2, 0) is 17.6 Å². The zero-order valence-corrected chi connectivity index (χ0v) is 12.4. The van der Waals surface area contributed by atoms with E-state index in [4.69, 9.17) is 5.73 Å². The van der Waals surface area contributed by atoms with Crippen molar-refractivity contribution in [3.63, 3.8) is 0 Å². The number of nitrogens with one attached hydrogen (secondary N) is 1. The van der Waals surface area contributed by atoms with Gasteiger partial charge >= 0.3 is 0 Å². The molecule has 22 heavy (non-hydrogen) atoms. The number of rotatable bonds is 4. The van der Waals surface area contributed by atoms with Crippen LogP contribution in [0, 0.1) is 0 Å². The largest absolute Gasteiger partial charge is 0.364 e. The van der Waals surface area contributed by atoms with Gasteiger partial charge in [-0.2, -0.15) is 4.79 Å². The van der Waals surface area contributed by atoms with Crippen molar-refractivity contribution in [2.45, 2.75) is 32.6 Å². The van der Waals surface area contributed by atoms with E-state index in [0.29, 0.717) is 12.8 Å². The van der Waals surface area contributed by atoms with E-state index < -0.39 is 5.91 Å². The lowest BCUT2D eigenvalue weighted by molar-refractivity contribution is -0.117. The minimum absolute atomic E-state index is 0.133. The third-order valence-electron chi connectivity index (χ3n) is 3.84. The Balaban J connectivity index is 2.12. The maximum atomic E-state index is 11.9. The first kappa shape index (κ1) is 14.3. The summed E-state index contributed by atoms with van der Waals surface area (Å²) in [7, 11) is 0. The van der Waals surface area contributed by atoms with Crippen molar-refractivity contribution in [1.82, 2.24) is 9.89 Å². The van der Waals surface area contributed by atoms with E-state index >= 15 is 0 Å². The minimum atomic E-state index is -0.570. The van der Waals surface area contributed by atoms with Crippen LogP contribution in [-0.4, -0.2) is 21.7 Å². The van der Waals surface area contributed by atoms with Crippen molar-refractivity contribution < 1.29 is 9.59 Å². The Morgan fingerprint density at radius 3 is 2.82 bits per heavy atom. The Morgan fingerprint density at radius 1 is 1.32 bits per heavy atom. The van der Waals surface area contributed by atoms with Crippen LogP contribution in [0.2, 0.25) is 0 Å². The molecule has 3 N–H and O–H groups in total. The molecular weight excluding hydrogens is 280 g/mol. The molecule has 114 valence electrons. The van der Waals surface area contributed by atoms with Crippen molar-refractivity contribution >= 4 is 11.8 Å². The van der Waals surface area contributed by atoms with Gasteiger partial charge in [-0.1, -0.05) is 31.2 Å². The molecule has 0 saturated carbocycles. The second-order valence-electron chi connectivity index (χ2n) is 5.39. The molecule has 1 aromatic heterocycles. The molecule has 1 heterocycles. The Kier molecular flexibility index (Phi) is 3.66. The van der Waals surface area contributed by atoms with E-state index in [1.54, 1.807) is 0 Å². The number of carbonyl (C=O) groups is 2. The van der Waals surface area contributed by atoms with Crippen molar-refractivity contribution in [3.05, 3.63) is 41.1 Å². The van der Waals surface area contributed by atoms with Crippen LogP contribution in [0.1, 0.15) is 41.4 Å². The number of hydrogen-bond acceptors (Lipinski definition) is 3. The maximum Gasteiger partial charge on any atom is 0.269 e. The lowest BCUT2D eigenvalue weighted by atomic mass is 9.89. The molecule has 6 heteroatoms. The highest BCUT2D eigenvalue weighted by Gasteiger charge is 2.27. The lowest BCUT2D eigenvalue weighted by Crippen LogP contribution is -2.25. The lowest BCUT2D eigenvalue weighted by Gasteiger charge is -2.18. The van der Waals surface area contributed by atoms with Crippen LogP contribution in [0.15, 0.2) is 24.3 Å². The standard InChI is InChI=1S/C16H18N4O2/c1-2-5-13(21)18-20-15-11-7-4-3-6-10(11)8-9-12(15)14(19-20)16(17)22/h3-4,6-7H,2,5,8-9H2,1H3,(H2,17,22)(H,18,21). The molecule has 2 amide bonds. The maximum absolute atomic E-state index is 11.9. The summed E-state index contributed by atoms with van der Waals surface area (Å²) in [6.07, 6.45) is 2.67. The van der Waals surface area contributed by atoms with Gasteiger partial charge in [0.2, 0.25) is 5.91 Å². The zero-order valence-electron chi connectivity index (χ0n) is 12.4. The highest BCUT2D eigenvalue weighted by molar-refractivity contribution is 5.95. The van der Waals surface area contributed by atoms with Crippen LogP contribution in [0.5, 0.6) is 0 Å². The van der Waals surface area contributed by atoms with Gasteiger partial charge in [-0.05, 0) is 24.8 Å². The van der Waals surface area contributed by atoms with Crippen LogP contribution in [0.3, 0.4) is 0 Å². The summed E-state index contributed by atoms with van der Waals surface area (Å²) in [5.41, 5.74) is 12.2. The number of aromatic nitrogens is 2. The number of amides is 2. The molecule has 0 radical (unpaired) electrons.